The van der Waals surface area contributed by atoms with Crippen LogP contribution in [0.2, 0.25) is 0 Å². The average Bonchev–Trinajstić information content (AvgIpc) is 3.33. The van der Waals surface area contributed by atoms with Crippen molar-refractivity contribution in [2.24, 2.45) is 0 Å². The molecule has 8 heteroatoms. The van der Waals surface area contributed by atoms with Crippen LogP contribution in [-0.2, 0) is 0 Å². The second kappa shape index (κ2) is 8.22. The number of carbonyl (C=O) groups is 1. The minimum Gasteiger partial charge on any atom is -0.497 e. The van der Waals surface area contributed by atoms with Crippen LogP contribution in [0.3, 0.4) is 0 Å². The summed E-state index contributed by atoms with van der Waals surface area (Å²) >= 11 is 0. The van der Waals surface area contributed by atoms with Crippen LogP contribution in [0.1, 0.15) is 10.4 Å². The van der Waals surface area contributed by atoms with E-state index in [2.05, 4.69) is 14.9 Å². The summed E-state index contributed by atoms with van der Waals surface area (Å²) in [6, 6.07) is 11.1. The van der Waals surface area contributed by atoms with Crippen molar-refractivity contribution < 1.29 is 14.3 Å². The van der Waals surface area contributed by atoms with Crippen molar-refractivity contribution in [2.75, 3.05) is 45.3 Å². The highest BCUT2D eigenvalue weighted by atomic mass is 16.5. The number of carbonyl (C=O) groups excluding carboxylic acids is 1. The van der Waals surface area contributed by atoms with Gasteiger partial charge in [0.15, 0.2) is 0 Å². The van der Waals surface area contributed by atoms with E-state index in [-0.39, 0.29) is 5.91 Å². The molecule has 0 spiro atoms. The Labute approximate surface area is 169 Å². The summed E-state index contributed by atoms with van der Waals surface area (Å²) in [5.41, 5.74) is 0.562. The molecule has 0 N–H and O–H groups in total. The first kappa shape index (κ1) is 18.8. The van der Waals surface area contributed by atoms with Gasteiger partial charge >= 0.3 is 0 Å². The van der Waals surface area contributed by atoms with Gasteiger partial charge in [0.2, 0.25) is 0 Å². The topological polar surface area (TPSA) is 72.7 Å². The molecule has 29 heavy (non-hydrogen) atoms. The third-order valence-electron chi connectivity index (χ3n) is 5.00. The molecule has 150 valence electrons. The molecule has 1 fully saturated rings. The van der Waals surface area contributed by atoms with E-state index in [1.54, 1.807) is 38.7 Å². The molecule has 0 unspecified atom stereocenters. The van der Waals surface area contributed by atoms with Crippen molar-refractivity contribution in [2.45, 2.75) is 0 Å². The molecule has 0 aliphatic carbocycles. The molecule has 1 saturated heterocycles. The highest BCUT2D eigenvalue weighted by Gasteiger charge is 2.24. The van der Waals surface area contributed by atoms with Gasteiger partial charge in [-0.15, -0.1) is 0 Å². The number of ether oxygens (including phenoxy) is 2. The number of hydrogen-bond acceptors (Lipinski definition) is 6. The standard InChI is InChI=1S/C21H23N5O3/c1-28-17-11-16(12-18(13-17)29-2)21(27)26-9-7-25(8-10-26)20-14-19(22-15-23-20)24-5-3-4-6-24/h3-6,11-15H,7-10H2,1-2H3. The number of amides is 1. The Balaban J connectivity index is 1.45. The van der Waals surface area contributed by atoms with Crippen molar-refractivity contribution in [3.8, 4) is 17.3 Å². The van der Waals surface area contributed by atoms with Gasteiger partial charge in [0.05, 0.1) is 14.2 Å². The fourth-order valence-electron chi connectivity index (χ4n) is 3.39. The molecule has 0 saturated carbocycles. The van der Waals surface area contributed by atoms with Crippen LogP contribution >= 0.6 is 0 Å². The van der Waals surface area contributed by atoms with E-state index in [4.69, 9.17) is 9.47 Å². The highest BCUT2D eigenvalue weighted by Crippen LogP contribution is 2.24. The van der Waals surface area contributed by atoms with Crippen molar-refractivity contribution in [3.63, 3.8) is 0 Å². The maximum absolute atomic E-state index is 13.0. The van der Waals surface area contributed by atoms with Crippen LogP contribution in [0.4, 0.5) is 5.82 Å². The maximum atomic E-state index is 13.0. The lowest BCUT2D eigenvalue weighted by Crippen LogP contribution is -2.49. The normalized spacial score (nSPS) is 14.0. The first-order chi connectivity index (χ1) is 14.2. The number of anilines is 1. The number of nitrogens with zero attached hydrogens (tertiary/aromatic N) is 5. The Morgan fingerprint density at radius 2 is 1.48 bits per heavy atom. The molecule has 3 aromatic rings. The second-order valence-electron chi connectivity index (χ2n) is 6.71. The molecular formula is C21H23N5O3. The summed E-state index contributed by atoms with van der Waals surface area (Å²) in [6.07, 6.45) is 5.47. The number of benzene rings is 1. The van der Waals surface area contributed by atoms with Gasteiger partial charge in [-0.3, -0.25) is 4.79 Å². The largest absolute Gasteiger partial charge is 0.497 e. The predicted octanol–water partition coefficient (Wildman–Crippen LogP) is 2.25. The van der Waals surface area contributed by atoms with E-state index in [9.17, 15) is 4.79 Å². The molecule has 1 amide bonds. The fourth-order valence-corrected chi connectivity index (χ4v) is 3.39. The number of hydrogen-bond donors (Lipinski definition) is 0. The highest BCUT2D eigenvalue weighted by molar-refractivity contribution is 5.95. The molecule has 0 radical (unpaired) electrons. The first-order valence-corrected chi connectivity index (χ1v) is 9.40. The second-order valence-corrected chi connectivity index (χ2v) is 6.71. The molecule has 8 nitrogen and oxygen atoms in total. The SMILES string of the molecule is COc1cc(OC)cc(C(=O)N2CCN(c3cc(-n4cccc4)ncn3)CC2)c1. The summed E-state index contributed by atoms with van der Waals surface area (Å²) in [4.78, 5) is 25.7. The van der Waals surface area contributed by atoms with Gasteiger partial charge < -0.3 is 23.8 Å². The van der Waals surface area contributed by atoms with Crippen LogP contribution in [-0.4, -0.2) is 65.7 Å². The number of aromatic nitrogens is 3. The lowest BCUT2D eigenvalue weighted by Gasteiger charge is -2.35. The monoisotopic (exact) mass is 393 g/mol. The molecular weight excluding hydrogens is 370 g/mol. The zero-order valence-corrected chi connectivity index (χ0v) is 16.5. The van der Waals surface area contributed by atoms with Gasteiger partial charge in [0.1, 0.15) is 29.5 Å². The lowest BCUT2D eigenvalue weighted by molar-refractivity contribution is 0.0745. The van der Waals surface area contributed by atoms with E-state index in [0.29, 0.717) is 43.2 Å². The molecule has 0 bridgehead atoms. The number of rotatable bonds is 5. The number of methoxy groups -OCH3 is 2. The Kier molecular flexibility index (Phi) is 5.33. The van der Waals surface area contributed by atoms with Crippen molar-refractivity contribution >= 4 is 11.7 Å². The van der Waals surface area contributed by atoms with Crippen LogP contribution in [0, 0.1) is 0 Å². The fraction of sp³-hybridized carbons (Fsp3) is 0.286. The minimum absolute atomic E-state index is 0.0300. The van der Waals surface area contributed by atoms with Crippen molar-refractivity contribution in [1.29, 1.82) is 0 Å². The summed E-state index contributed by atoms with van der Waals surface area (Å²) in [7, 11) is 3.15. The molecule has 0 atom stereocenters. The predicted molar refractivity (Wildman–Crippen MR) is 109 cm³/mol. The smallest absolute Gasteiger partial charge is 0.254 e. The number of piperazine rings is 1. The summed E-state index contributed by atoms with van der Waals surface area (Å²) in [5.74, 6) is 2.85. The third-order valence-corrected chi connectivity index (χ3v) is 5.00. The molecule has 2 aromatic heterocycles. The van der Waals surface area contributed by atoms with Crippen molar-refractivity contribution in [1.82, 2.24) is 19.4 Å². The van der Waals surface area contributed by atoms with E-state index < -0.39 is 0 Å². The van der Waals surface area contributed by atoms with E-state index in [1.807, 2.05) is 40.1 Å². The molecule has 4 rings (SSSR count). The zero-order chi connectivity index (χ0) is 20.2. The lowest BCUT2D eigenvalue weighted by atomic mass is 10.1. The maximum Gasteiger partial charge on any atom is 0.254 e. The van der Waals surface area contributed by atoms with Gasteiger partial charge in [-0.2, -0.15) is 0 Å². The van der Waals surface area contributed by atoms with Gasteiger partial charge in [0.25, 0.3) is 5.91 Å². The quantitative estimate of drug-likeness (QED) is 0.662. The molecule has 1 aliphatic rings. The van der Waals surface area contributed by atoms with Crippen LogP contribution in [0.15, 0.2) is 55.1 Å². The molecule has 3 heterocycles. The van der Waals surface area contributed by atoms with E-state index >= 15 is 0 Å². The van der Waals surface area contributed by atoms with Crippen LogP contribution in [0.5, 0.6) is 11.5 Å². The molecule has 1 aliphatic heterocycles. The van der Waals surface area contributed by atoms with E-state index in [1.165, 1.54) is 0 Å². The van der Waals surface area contributed by atoms with Gasteiger partial charge in [-0.25, -0.2) is 9.97 Å². The minimum atomic E-state index is -0.0300. The Hall–Kier alpha value is -3.55. The zero-order valence-electron chi connectivity index (χ0n) is 16.5. The van der Waals surface area contributed by atoms with Gasteiger partial charge in [-0.1, -0.05) is 0 Å². The Morgan fingerprint density at radius 3 is 2.10 bits per heavy atom. The Morgan fingerprint density at radius 1 is 0.862 bits per heavy atom. The molecule has 1 aromatic carbocycles. The summed E-state index contributed by atoms with van der Waals surface area (Å²) < 4.78 is 12.5. The average molecular weight is 393 g/mol. The summed E-state index contributed by atoms with van der Waals surface area (Å²) in [6.45, 7) is 2.63. The van der Waals surface area contributed by atoms with Gasteiger partial charge in [0, 0.05) is 56.3 Å². The Bertz CT molecular complexity index is 959. The van der Waals surface area contributed by atoms with E-state index in [0.717, 1.165) is 11.6 Å². The van der Waals surface area contributed by atoms with Crippen molar-refractivity contribution in [3.05, 3.63) is 60.7 Å². The summed E-state index contributed by atoms with van der Waals surface area (Å²) in [5, 5.41) is 0. The van der Waals surface area contributed by atoms with Gasteiger partial charge in [-0.05, 0) is 24.3 Å². The van der Waals surface area contributed by atoms with Crippen LogP contribution < -0.4 is 14.4 Å². The third kappa shape index (κ3) is 4.01. The van der Waals surface area contributed by atoms with Crippen LogP contribution in [0.25, 0.3) is 5.82 Å². The first-order valence-electron chi connectivity index (χ1n) is 9.40.